The second-order valence-corrected chi connectivity index (χ2v) is 4.60. The monoisotopic (exact) mass is 304 g/mol. The third-order valence-corrected chi connectivity index (χ3v) is 2.68. The Hall–Kier alpha value is -1.76. The fourth-order valence-corrected chi connectivity index (χ4v) is 1.56. The van der Waals surface area contributed by atoms with E-state index in [2.05, 4.69) is 10.6 Å². The quantitative estimate of drug-likeness (QED) is 0.814. The van der Waals surface area contributed by atoms with Crippen LogP contribution >= 0.6 is 0 Å². The molecule has 0 fully saturated rings. The van der Waals surface area contributed by atoms with Crippen molar-refractivity contribution >= 4 is 11.6 Å². The van der Waals surface area contributed by atoms with Crippen molar-refractivity contribution in [1.82, 2.24) is 5.32 Å². The Morgan fingerprint density at radius 1 is 1.33 bits per heavy atom. The number of para-hydroxylation sites is 2. The van der Waals surface area contributed by atoms with Gasteiger partial charge in [0.15, 0.2) is 6.61 Å². The first kappa shape index (κ1) is 17.3. The first-order valence-corrected chi connectivity index (χ1v) is 6.63. The van der Waals surface area contributed by atoms with Gasteiger partial charge in [0.25, 0.3) is 0 Å². The average molecular weight is 304 g/mol. The summed E-state index contributed by atoms with van der Waals surface area (Å²) in [5.74, 6) is -0.585. The normalized spacial score (nSPS) is 12.8. The lowest BCUT2D eigenvalue weighted by molar-refractivity contribution is -0.153. The Morgan fingerprint density at radius 2 is 2.00 bits per heavy atom. The van der Waals surface area contributed by atoms with E-state index >= 15 is 0 Å². The van der Waals surface area contributed by atoms with E-state index in [1.54, 1.807) is 19.1 Å². The van der Waals surface area contributed by atoms with Crippen LogP contribution in [-0.2, 0) is 4.79 Å². The number of benzene rings is 1. The molecule has 1 amide bonds. The molecule has 0 radical (unpaired) electrons. The minimum atomic E-state index is -4.42. The Kier molecular flexibility index (Phi) is 6.48. The van der Waals surface area contributed by atoms with Gasteiger partial charge in [-0.05, 0) is 18.7 Å². The molecule has 0 aliphatic heterocycles. The smallest absolute Gasteiger partial charge is 0.422 e. The van der Waals surface area contributed by atoms with E-state index in [1.807, 2.05) is 6.92 Å². The molecule has 0 aliphatic rings. The Bertz CT molecular complexity index is 464. The minimum Gasteiger partial charge on any atom is -0.482 e. The molecule has 1 aromatic rings. The van der Waals surface area contributed by atoms with Crippen molar-refractivity contribution in [3.8, 4) is 5.75 Å². The summed E-state index contributed by atoms with van der Waals surface area (Å²) in [6.45, 7) is 3.49. The topological polar surface area (TPSA) is 50.4 Å². The number of ether oxygens (including phenoxy) is 1. The van der Waals surface area contributed by atoms with Gasteiger partial charge in [0.05, 0.1) is 5.69 Å². The molecule has 7 heteroatoms. The largest absolute Gasteiger partial charge is 0.482 e. The van der Waals surface area contributed by atoms with Crippen molar-refractivity contribution < 1.29 is 22.7 Å². The molecule has 0 spiro atoms. The van der Waals surface area contributed by atoms with Crippen LogP contribution in [0.2, 0.25) is 0 Å². The summed E-state index contributed by atoms with van der Waals surface area (Å²) in [6.07, 6.45) is -4.42. The number of amides is 1. The van der Waals surface area contributed by atoms with Gasteiger partial charge in [0, 0.05) is 12.5 Å². The van der Waals surface area contributed by atoms with Gasteiger partial charge in [-0.25, -0.2) is 0 Å². The molecule has 1 aromatic carbocycles. The van der Waals surface area contributed by atoms with Gasteiger partial charge in [-0.2, -0.15) is 13.2 Å². The summed E-state index contributed by atoms with van der Waals surface area (Å²) < 4.78 is 41.3. The number of rotatable bonds is 7. The number of halogens is 3. The minimum absolute atomic E-state index is 0.00109. The zero-order chi connectivity index (χ0) is 15.9. The highest BCUT2D eigenvalue weighted by Crippen LogP contribution is 2.26. The van der Waals surface area contributed by atoms with Crippen molar-refractivity contribution in [3.63, 3.8) is 0 Å². The van der Waals surface area contributed by atoms with Crippen LogP contribution in [0.3, 0.4) is 0 Å². The van der Waals surface area contributed by atoms with Crippen LogP contribution in [0.1, 0.15) is 13.8 Å². The lowest BCUT2D eigenvalue weighted by atomic mass is 10.1. The van der Waals surface area contributed by atoms with Crippen molar-refractivity contribution in [2.45, 2.75) is 20.0 Å². The number of nitrogens with one attached hydrogen (secondary N) is 2. The highest BCUT2D eigenvalue weighted by molar-refractivity contribution is 5.93. The predicted octanol–water partition coefficient (Wildman–Crippen LogP) is 2.81. The molecular weight excluding hydrogens is 285 g/mol. The Balaban J connectivity index is 2.68. The van der Waals surface area contributed by atoms with E-state index in [-0.39, 0.29) is 23.3 Å². The SMILES string of the molecule is CCNCC(C)C(=O)Nc1ccccc1OCC(F)(F)F. The summed E-state index contributed by atoms with van der Waals surface area (Å²) in [7, 11) is 0. The Labute approximate surface area is 121 Å². The Morgan fingerprint density at radius 3 is 2.62 bits per heavy atom. The molecule has 0 aliphatic carbocycles. The summed E-state index contributed by atoms with van der Waals surface area (Å²) in [6, 6.07) is 6.05. The van der Waals surface area contributed by atoms with E-state index in [4.69, 9.17) is 4.74 Å². The molecule has 118 valence electrons. The van der Waals surface area contributed by atoms with Crippen LogP contribution in [0.4, 0.5) is 18.9 Å². The molecule has 2 N–H and O–H groups in total. The van der Waals surface area contributed by atoms with Crippen LogP contribution < -0.4 is 15.4 Å². The lowest BCUT2D eigenvalue weighted by Crippen LogP contribution is -2.30. The van der Waals surface area contributed by atoms with E-state index in [9.17, 15) is 18.0 Å². The second kappa shape index (κ2) is 7.87. The molecule has 1 rings (SSSR count). The molecule has 0 saturated heterocycles. The van der Waals surface area contributed by atoms with Crippen molar-refractivity contribution in [2.24, 2.45) is 5.92 Å². The molecule has 21 heavy (non-hydrogen) atoms. The van der Waals surface area contributed by atoms with Gasteiger partial charge in [-0.3, -0.25) is 4.79 Å². The summed E-state index contributed by atoms with van der Waals surface area (Å²) >= 11 is 0. The highest BCUT2D eigenvalue weighted by atomic mass is 19.4. The first-order valence-electron chi connectivity index (χ1n) is 6.63. The molecule has 0 saturated carbocycles. The second-order valence-electron chi connectivity index (χ2n) is 4.60. The van der Waals surface area contributed by atoms with Crippen molar-refractivity contribution in [3.05, 3.63) is 24.3 Å². The van der Waals surface area contributed by atoms with Crippen LogP contribution in [0.25, 0.3) is 0 Å². The molecule has 4 nitrogen and oxygen atoms in total. The van der Waals surface area contributed by atoms with Crippen LogP contribution in [0.5, 0.6) is 5.75 Å². The van der Waals surface area contributed by atoms with Gasteiger partial charge in [0.2, 0.25) is 5.91 Å². The van der Waals surface area contributed by atoms with E-state index in [1.165, 1.54) is 12.1 Å². The third kappa shape index (κ3) is 6.48. The number of hydrogen-bond donors (Lipinski definition) is 2. The van der Waals surface area contributed by atoms with Gasteiger partial charge in [-0.1, -0.05) is 26.0 Å². The maximum absolute atomic E-state index is 12.2. The molecular formula is C14H19F3N2O2. The molecule has 0 bridgehead atoms. The van der Waals surface area contributed by atoms with Crippen LogP contribution in [-0.4, -0.2) is 31.8 Å². The van der Waals surface area contributed by atoms with Gasteiger partial charge in [-0.15, -0.1) is 0 Å². The van der Waals surface area contributed by atoms with Crippen molar-refractivity contribution in [1.29, 1.82) is 0 Å². The van der Waals surface area contributed by atoms with Gasteiger partial charge < -0.3 is 15.4 Å². The molecule has 0 heterocycles. The maximum Gasteiger partial charge on any atom is 0.422 e. The third-order valence-electron chi connectivity index (χ3n) is 2.68. The van der Waals surface area contributed by atoms with E-state index in [0.29, 0.717) is 6.54 Å². The number of anilines is 1. The lowest BCUT2D eigenvalue weighted by Gasteiger charge is -2.16. The maximum atomic E-state index is 12.2. The summed E-state index contributed by atoms with van der Waals surface area (Å²) in [4.78, 5) is 11.9. The zero-order valence-corrected chi connectivity index (χ0v) is 12.0. The van der Waals surface area contributed by atoms with E-state index < -0.39 is 12.8 Å². The predicted molar refractivity (Wildman–Crippen MR) is 74.3 cm³/mol. The standard InChI is InChI=1S/C14H19F3N2O2/c1-3-18-8-10(2)13(20)19-11-6-4-5-7-12(11)21-9-14(15,16)17/h4-7,10,18H,3,8-9H2,1-2H3,(H,19,20). The number of carbonyl (C=O) groups is 1. The summed E-state index contributed by atoms with van der Waals surface area (Å²) in [5, 5.41) is 5.62. The molecule has 1 atom stereocenters. The average Bonchev–Trinajstić information content (AvgIpc) is 2.42. The number of alkyl halides is 3. The highest BCUT2D eigenvalue weighted by Gasteiger charge is 2.29. The van der Waals surface area contributed by atoms with Crippen LogP contribution in [0.15, 0.2) is 24.3 Å². The number of carbonyl (C=O) groups excluding carboxylic acids is 1. The van der Waals surface area contributed by atoms with E-state index in [0.717, 1.165) is 6.54 Å². The van der Waals surface area contributed by atoms with Crippen LogP contribution in [0, 0.1) is 5.92 Å². The molecule has 1 unspecified atom stereocenters. The van der Waals surface area contributed by atoms with Gasteiger partial charge >= 0.3 is 6.18 Å². The van der Waals surface area contributed by atoms with Crippen molar-refractivity contribution in [2.75, 3.05) is 25.0 Å². The van der Waals surface area contributed by atoms with Gasteiger partial charge in [0.1, 0.15) is 5.75 Å². The zero-order valence-electron chi connectivity index (χ0n) is 12.0. The molecule has 0 aromatic heterocycles. The summed E-state index contributed by atoms with van der Waals surface area (Å²) in [5.41, 5.74) is 0.232. The fourth-order valence-electron chi connectivity index (χ4n) is 1.56. The fraction of sp³-hybridized carbons (Fsp3) is 0.500. The number of hydrogen-bond acceptors (Lipinski definition) is 3. The first-order chi connectivity index (χ1) is 9.83.